The zero-order chi connectivity index (χ0) is 21.2. The van der Waals surface area contributed by atoms with Crippen molar-refractivity contribution in [2.45, 2.75) is 19.6 Å². The molecule has 9 heteroatoms. The molecule has 30 heavy (non-hydrogen) atoms. The Balaban J connectivity index is 0.00000450. The molecule has 2 rings (SSSR count). The summed E-state index contributed by atoms with van der Waals surface area (Å²) >= 11 is 0. The summed E-state index contributed by atoms with van der Waals surface area (Å²) in [5.74, 6) is 0.332. The van der Waals surface area contributed by atoms with Gasteiger partial charge in [0, 0.05) is 13.6 Å². The van der Waals surface area contributed by atoms with Gasteiger partial charge in [0.25, 0.3) is 0 Å². The van der Waals surface area contributed by atoms with Gasteiger partial charge in [-0.15, -0.1) is 24.0 Å². The third-order valence-electron chi connectivity index (χ3n) is 4.07. The number of hydrogen-bond donors (Lipinski definition) is 2. The van der Waals surface area contributed by atoms with Gasteiger partial charge in [-0.05, 0) is 36.8 Å². The van der Waals surface area contributed by atoms with Gasteiger partial charge >= 0.3 is 5.97 Å². The Kier molecular flexibility index (Phi) is 10.9. The molecule has 0 aliphatic heterocycles. The van der Waals surface area contributed by atoms with E-state index in [0.717, 1.165) is 5.56 Å². The molecular weight excluding hydrogens is 504 g/mol. The van der Waals surface area contributed by atoms with E-state index in [0.29, 0.717) is 30.4 Å². The molecule has 0 saturated heterocycles. The van der Waals surface area contributed by atoms with Gasteiger partial charge in [0.1, 0.15) is 17.4 Å². The summed E-state index contributed by atoms with van der Waals surface area (Å²) in [6.45, 7) is 2.68. The maximum atomic E-state index is 13.7. The number of ether oxygens (including phenoxy) is 3. The van der Waals surface area contributed by atoms with Gasteiger partial charge in [0.2, 0.25) is 0 Å². The van der Waals surface area contributed by atoms with Crippen LogP contribution < -0.4 is 20.1 Å². The first-order valence-electron chi connectivity index (χ1n) is 9.09. The number of hydrogen-bond acceptors (Lipinski definition) is 5. The minimum Gasteiger partial charge on any atom is -0.496 e. The van der Waals surface area contributed by atoms with Crippen molar-refractivity contribution in [2.75, 3.05) is 27.8 Å². The zero-order valence-corrected chi connectivity index (χ0v) is 19.7. The van der Waals surface area contributed by atoms with Gasteiger partial charge in [-0.2, -0.15) is 0 Å². The smallest absolute Gasteiger partial charge is 0.341 e. The predicted octanol–water partition coefficient (Wildman–Crippen LogP) is 3.37. The lowest BCUT2D eigenvalue weighted by molar-refractivity contribution is 0.0597. The first-order chi connectivity index (χ1) is 14.0. The van der Waals surface area contributed by atoms with E-state index >= 15 is 0 Å². The van der Waals surface area contributed by atoms with E-state index in [1.54, 1.807) is 37.4 Å². The maximum Gasteiger partial charge on any atom is 0.341 e. The first-order valence-corrected chi connectivity index (χ1v) is 9.09. The summed E-state index contributed by atoms with van der Waals surface area (Å²) in [7, 11) is 4.46. The molecule has 0 radical (unpaired) electrons. The van der Waals surface area contributed by atoms with E-state index in [2.05, 4.69) is 15.6 Å². The second-order valence-corrected chi connectivity index (χ2v) is 6.19. The van der Waals surface area contributed by atoms with E-state index in [4.69, 9.17) is 14.2 Å². The van der Waals surface area contributed by atoms with Crippen LogP contribution in [0.2, 0.25) is 0 Å². The summed E-state index contributed by atoms with van der Waals surface area (Å²) in [6, 6.07) is 11.5. The Bertz CT molecular complexity index is 864. The Morgan fingerprint density at radius 3 is 2.50 bits per heavy atom. The van der Waals surface area contributed by atoms with E-state index in [9.17, 15) is 9.18 Å². The number of esters is 1. The molecule has 7 nitrogen and oxygen atoms in total. The molecule has 0 saturated carbocycles. The van der Waals surface area contributed by atoms with Gasteiger partial charge < -0.3 is 24.8 Å². The number of guanidine groups is 1. The Labute approximate surface area is 193 Å². The van der Waals surface area contributed by atoms with E-state index in [1.165, 1.54) is 20.3 Å². The number of carbonyl (C=O) groups is 1. The molecule has 0 aliphatic rings. The van der Waals surface area contributed by atoms with Crippen molar-refractivity contribution in [1.82, 2.24) is 10.6 Å². The van der Waals surface area contributed by atoms with Crippen LogP contribution in [0, 0.1) is 5.82 Å². The van der Waals surface area contributed by atoms with Crippen molar-refractivity contribution in [2.24, 2.45) is 4.99 Å². The minimum absolute atomic E-state index is 0. The summed E-state index contributed by atoms with van der Waals surface area (Å²) in [4.78, 5) is 16.0. The van der Waals surface area contributed by atoms with Crippen LogP contribution in [0.4, 0.5) is 4.39 Å². The Hall–Kier alpha value is -2.56. The molecule has 0 aromatic heterocycles. The van der Waals surface area contributed by atoms with Crippen molar-refractivity contribution >= 4 is 35.9 Å². The second-order valence-electron chi connectivity index (χ2n) is 6.19. The Morgan fingerprint density at radius 1 is 1.13 bits per heavy atom. The molecule has 164 valence electrons. The topological polar surface area (TPSA) is 81.2 Å². The third-order valence-corrected chi connectivity index (χ3v) is 4.07. The highest BCUT2D eigenvalue weighted by Gasteiger charge is 2.14. The number of benzene rings is 2. The predicted molar refractivity (Wildman–Crippen MR) is 124 cm³/mol. The number of para-hydroxylation sites is 1. The molecule has 0 spiro atoms. The minimum atomic E-state index is -0.467. The summed E-state index contributed by atoms with van der Waals surface area (Å²) in [5, 5.41) is 6.28. The fraction of sp³-hybridized carbons (Fsp3) is 0.333. The quantitative estimate of drug-likeness (QED) is 0.236. The van der Waals surface area contributed by atoms with Crippen LogP contribution in [0.15, 0.2) is 47.5 Å². The van der Waals surface area contributed by atoms with Gasteiger partial charge in [0.05, 0.1) is 20.8 Å². The highest BCUT2D eigenvalue weighted by Crippen LogP contribution is 2.21. The molecular formula is C21H27FIN3O4. The number of nitrogens with zero attached hydrogens (tertiary/aromatic N) is 1. The molecule has 1 unspecified atom stereocenters. The van der Waals surface area contributed by atoms with Gasteiger partial charge in [-0.1, -0.05) is 18.2 Å². The van der Waals surface area contributed by atoms with Crippen LogP contribution in [0.5, 0.6) is 11.5 Å². The highest BCUT2D eigenvalue weighted by molar-refractivity contribution is 14.0. The van der Waals surface area contributed by atoms with Crippen molar-refractivity contribution in [3.8, 4) is 11.5 Å². The van der Waals surface area contributed by atoms with Gasteiger partial charge in [-0.3, -0.25) is 4.99 Å². The van der Waals surface area contributed by atoms with E-state index in [1.807, 2.05) is 13.0 Å². The van der Waals surface area contributed by atoms with Gasteiger partial charge in [0.15, 0.2) is 17.5 Å². The van der Waals surface area contributed by atoms with Crippen LogP contribution in [0.25, 0.3) is 0 Å². The number of aliphatic imine (C=N–C) groups is 1. The number of halogens is 2. The molecule has 0 amide bonds. The molecule has 0 heterocycles. The standard InChI is InChI=1S/C21H26FN3O4.HI/c1-14(29-19-8-6-5-7-17(19)22)12-24-21(23-2)25-13-15-9-10-18(27-3)16(11-15)20(26)28-4;/h5-11,14H,12-13H2,1-4H3,(H2,23,24,25);1H. The lowest BCUT2D eigenvalue weighted by Gasteiger charge is -2.18. The lowest BCUT2D eigenvalue weighted by atomic mass is 10.1. The average Bonchev–Trinajstić information content (AvgIpc) is 2.74. The Morgan fingerprint density at radius 2 is 1.87 bits per heavy atom. The largest absolute Gasteiger partial charge is 0.496 e. The molecule has 2 aromatic carbocycles. The van der Waals surface area contributed by atoms with E-state index < -0.39 is 11.8 Å². The third kappa shape index (κ3) is 7.36. The molecule has 0 aliphatic carbocycles. The summed E-state index contributed by atoms with van der Waals surface area (Å²) < 4.78 is 29.2. The monoisotopic (exact) mass is 531 g/mol. The van der Waals surface area contributed by atoms with Crippen LogP contribution in [0.3, 0.4) is 0 Å². The summed E-state index contributed by atoms with van der Waals surface area (Å²) in [5.41, 5.74) is 1.20. The van der Waals surface area contributed by atoms with Crippen LogP contribution in [-0.4, -0.2) is 45.8 Å². The zero-order valence-electron chi connectivity index (χ0n) is 17.4. The molecule has 1 atom stereocenters. The molecule has 0 fully saturated rings. The second kappa shape index (κ2) is 12.9. The number of carbonyl (C=O) groups excluding carboxylic acids is 1. The van der Waals surface area contributed by atoms with Crippen LogP contribution in [-0.2, 0) is 11.3 Å². The average molecular weight is 531 g/mol. The molecule has 2 aromatic rings. The maximum absolute atomic E-state index is 13.7. The van der Waals surface area contributed by atoms with Crippen molar-refractivity contribution < 1.29 is 23.4 Å². The van der Waals surface area contributed by atoms with Crippen molar-refractivity contribution in [3.63, 3.8) is 0 Å². The first kappa shape index (κ1) is 25.5. The number of nitrogens with one attached hydrogen (secondary N) is 2. The summed E-state index contributed by atoms with van der Waals surface area (Å²) in [6.07, 6.45) is -0.280. The fourth-order valence-electron chi connectivity index (χ4n) is 2.58. The fourth-order valence-corrected chi connectivity index (χ4v) is 2.58. The van der Waals surface area contributed by atoms with Crippen molar-refractivity contribution in [3.05, 3.63) is 59.4 Å². The normalized spacial score (nSPS) is 11.7. The van der Waals surface area contributed by atoms with Crippen LogP contribution >= 0.6 is 24.0 Å². The van der Waals surface area contributed by atoms with Crippen LogP contribution in [0.1, 0.15) is 22.8 Å². The highest BCUT2D eigenvalue weighted by atomic mass is 127. The number of methoxy groups -OCH3 is 2. The van der Waals surface area contributed by atoms with E-state index in [-0.39, 0.29) is 35.8 Å². The SMILES string of the molecule is CN=C(NCc1ccc(OC)c(C(=O)OC)c1)NCC(C)Oc1ccccc1F.I. The lowest BCUT2D eigenvalue weighted by Crippen LogP contribution is -2.41. The molecule has 0 bridgehead atoms. The number of rotatable bonds is 8. The molecule has 2 N–H and O–H groups in total. The van der Waals surface area contributed by atoms with Gasteiger partial charge in [-0.25, -0.2) is 9.18 Å². The van der Waals surface area contributed by atoms with Crippen molar-refractivity contribution in [1.29, 1.82) is 0 Å².